The smallest absolute Gasteiger partial charge is 0.242 e. The van der Waals surface area contributed by atoms with Crippen LogP contribution in [-0.2, 0) is 11.8 Å². The molecule has 1 aliphatic rings. The lowest BCUT2D eigenvalue weighted by Gasteiger charge is -2.10. The lowest BCUT2D eigenvalue weighted by atomic mass is 10.2. The van der Waals surface area contributed by atoms with Gasteiger partial charge in [-0.25, -0.2) is 4.98 Å². The van der Waals surface area contributed by atoms with E-state index in [1.54, 1.807) is 11.8 Å². The number of benzene rings is 1. The first-order chi connectivity index (χ1) is 10.1. The number of carbonyl (C=O) groups is 1. The number of rotatable bonds is 3. The third kappa shape index (κ3) is 2.78. The van der Waals surface area contributed by atoms with Crippen molar-refractivity contribution in [2.75, 3.05) is 16.9 Å². The molecule has 6 heteroatoms. The molecule has 1 atom stereocenters. The van der Waals surface area contributed by atoms with Gasteiger partial charge < -0.3 is 9.88 Å². The second-order valence-corrected chi connectivity index (χ2v) is 6.68. The number of hydrogen-bond donors (Lipinski definition) is 2. The fraction of sp³-hybridized carbons (Fsp3) is 0.467. The Labute approximate surface area is 128 Å². The van der Waals surface area contributed by atoms with E-state index in [2.05, 4.69) is 34.0 Å². The number of nitrogens with one attached hydrogen (secondary N) is 2. The molecule has 1 aliphatic heterocycles. The summed E-state index contributed by atoms with van der Waals surface area (Å²) in [6, 6.07) is 5.80. The normalized spacial score (nSPS) is 18.6. The molecule has 112 valence electrons. The average molecular weight is 304 g/mol. The Morgan fingerprint density at radius 2 is 2.33 bits per heavy atom. The maximum absolute atomic E-state index is 12.1. The summed E-state index contributed by atoms with van der Waals surface area (Å²) < 4.78 is 2.11. The van der Waals surface area contributed by atoms with Crippen LogP contribution in [0.4, 0.5) is 5.69 Å². The van der Waals surface area contributed by atoms with Crippen molar-refractivity contribution >= 4 is 34.4 Å². The van der Waals surface area contributed by atoms with Crippen molar-refractivity contribution < 1.29 is 4.79 Å². The van der Waals surface area contributed by atoms with Gasteiger partial charge in [-0.1, -0.05) is 13.8 Å². The minimum Gasteiger partial charge on any atom is -0.331 e. The second kappa shape index (κ2) is 5.69. The number of imidazole rings is 1. The molecule has 0 aliphatic carbocycles. The predicted octanol–water partition coefficient (Wildman–Crippen LogP) is 2.30. The second-order valence-electron chi connectivity index (χ2n) is 5.65. The van der Waals surface area contributed by atoms with Crippen LogP contribution in [0.1, 0.15) is 25.6 Å². The molecule has 2 heterocycles. The van der Waals surface area contributed by atoms with Crippen molar-refractivity contribution in [3.63, 3.8) is 0 Å². The standard InChI is InChI=1S/C15H20N4OS/c1-9(2)14-18-11-6-10(4-5-13(11)19(14)3)17-15(20)12-7-21-8-16-12/h4-6,9,12,16H,7-8H2,1-3H3,(H,17,20). The summed E-state index contributed by atoms with van der Waals surface area (Å²) in [4.78, 5) is 16.8. The predicted molar refractivity (Wildman–Crippen MR) is 87.7 cm³/mol. The Morgan fingerprint density at radius 3 is 3.00 bits per heavy atom. The number of aryl methyl sites for hydroxylation is 1. The largest absolute Gasteiger partial charge is 0.331 e. The molecule has 1 amide bonds. The first-order valence-corrected chi connectivity index (χ1v) is 8.30. The number of hydrogen-bond acceptors (Lipinski definition) is 4. The van der Waals surface area contributed by atoms with Gasteiger partial charge in [0.05, 0.1) is 17.1 Å². The van der Waals surface area contributed by atoms with Gasteiger partial charge in [0.25, 0.3) is 0 Å². The number of nitrogens with zero attached hydrogens (tertiary/aromatic N) is 2. The molecule has 21 heavy (non-hydrogen) atoms. The Balaban J connectivity index is 1.85. The van der Waals surface area contributed by atoms with E-state index in [0.29, 0.717) is 5.92 Å². The summed E-state index contributed by atoms with van der Waals surface area (Å²) >= 11 is 1.74. The van der Waals surface area contributed by atoms with Crippen molar-refractivity contribution in [2.24, 2.45) is 7.05 Å². The van der Waals surface area contributed by atoms with Crippen molar-refractivity contribution in [3.05, 3.63) is 24.0 Å². The third-order valence-electron chi connectivity index (χ3n) is 3.73. The third-order valence-corrected chi connectivity index (χ3v) is 4.67. The minimum absolute atomic E-state index is 0.0272. The van der Waals surface area contributed by atoms with Gasteiger partial charge in [-0.2, -0.15) is 0 Å². The zero-order valence-corrected chi connectivity index (χ0v) is 13.3. The quantitative estimate of drug-likeness (QED) is 0.913. The van der Waals surface area contributed by atoms with Crippen LogP contribution in [0.25, 0.3) is 11.0 Å². The summed E-state index contributed by atoms with van der Waals surface area (Å²) in [5.41, 5.74) is 2.82. The topological polar surface area (TPSA) is 59.0 Å². The molecule has 1 saturated heterocycles. The zero-order valence-electron chi connectivity index (χ0n) is 12.5. The van der Waals surface area contributed by atoms with Gasteiger partial charge in [-0.3, -0.25) is 10.1 Å². The lowest BCUT2D eigenvalue weighted by molar-refractivity contribution is -0.117. The number of aromatic nitrogens is 2. The number of amides is 1. The molecular formula is C15H20N4OS. The van der Waals surface area contributed by atoms with Gasteiger partial charge in [0.1, 0.15) is 5.82 Å². The monoisotopic (exact) mass is 304 g/mol. The van der Waals surface area contributed by atoms with E-state index in [1.165, 1.54) is 0 Å². The molecule has 0 spiro atoms. The van der Waals surface area contributed by atoms with E-state index in [4.69, 9.17) is 0 Å². The van der Waals surface area contributed by atoms with Crippen LogP contribution >= 0.6 is 11.8 Å². The molecule has 1 aromatic carbocycles. The molecule has 1 fully saturated rings. The van der Waals surface area contributed by atoms with Crippen LogP contribution in [0.15, 0.2) is 18.2 Å². The van der Waals surface area contributed by atoms with Gasteiger partial charge >= 0.3 is 0 Å². The molecule has 1 unspecified atom stereocenters. The summed E-state index contributed by atoms with van der Waals surface area (Å²) in [7, 11) is 2.03. The highest BCUT2D eigenvalue weighted by atomic mass is 32.2. The summed E-state index contributed by atoms with van der Waals surface area (Å²) in [5.74, 6) is 3.13. The van der Waals surface area contributed by atoms with E-state index in [0.717, 1.165) is 34.2 Å². The number of thioether (sulfide) groups is 1. The van der Waals surface area contributed by atoms with Gasteiger partial charge in [0, 0.05) is 30.3 Å². The van der Waals surface area contributed by atoms with Crippen molar-refractivity contribution in [3.8, 4) is 0 Å². The molecule has 0 saturated carbocycles. The summed E-state index contributed by atoms with van der Waals surface area (Å²) in [5, 5.41) is 6.14. The highest BCUT2D eigenvalue weighted by Crippen LogP contribution is 2.23. The van der Waals surface area contributed by atoms with Gasteiger partial charge in [-0.05, 0) is 18.2 Å². The summed E-state index contributed by atoms with van der Waals surface area (Å²) in [6.07, 6.45) is 0. The van der Waals surface area contributed by atoms with Crippen molar-refractivity contribution in [1.29, 1.82) is 0 Å². The van der Waals surface area contributed by atoms with Crippen molar-refractivity contribution in [2.45, 2.75) is 25.8 Å². The van der Waals surface area contributed by atoms with Crippen LogP contribution < -0.4 is 10.6 Å². The van der Waals surface area contributed by atoms with E-state index < -0.39 is 0 Å². The molecule has 0 radical (unpaired) electrons. The first kappa shape index (κ1) is 14.4. The van der Waals surface area contributed by atoms with Crippen LogP contribution in [0.5, 0.6) is 0 Å². The van der Waals surface area contributed by atoms with Crippen LogP contribution in [-0.4, -0.2) is 33.1 Å². The number of fused-ring (bicyclic) bond motifs is 1. The van der Waals surface area contributed by atoms with E-state index in [-0.39, 0.29) is 11.9 Å². The Hall–Kier alpha value is -1.53. The fourth-order valence-corrected chi connectivity index (χ4v) is 3.55. The van der Waals surface area contributed by atoms with E-state index in [1.807, 2.05) is 25.2 Å². The lowest BCUT2D eigenvalue weighted by Crippen LogP contribution is -2.37. The van der Waals surface area contributed by atoms with E-state index >= 15 is 0 Å². The molecule has 1 aromatic heterocycles. The van der Waals surface area contributed by atoms with Gasteiger partial charge in [0.2, 0.25) is 5.91 Å². The van der Waals surface area contributed by atoms with Crippen molar-refractivity contribution in [1.82, 2.24) is 14.9 Å². The molecule has 3 rings (SSSR count). The Bertz CT molecular complexity index is 674. The van der Waals surface area contributed by atoms with Crippen LogP contribution in [0.2, 0.25) is 0 Å². The molecule has 2 aromatic rings. The first-order valence-electron chi connectivity index (χ1n) is 7.14. The SMILES string of the molecule is CC(C)c1nc2cc(NC(=O)C3CSCN3)ccc2n1C. The molecule has 5 nitrogen and oxygen atoms in total. The molecule has 0 bridgehead atoms. The van der Waals surface area contributed by atoms with E-state index in [9.17, 15) is 4.79 Å². The maximum atomic E-state index is 12.1. The molecule has 2 N–H and O–H groups in total. The highest BCUT2D eigenvalue weighted by Gasteiger charge is 2.22. The van der Waals surface area contributed by atoms with Gasteiger partial charge in [-0.15, -0.1) is 11.8 Å². The van der Waals surface area contributed by atoms with Crippen LogP contribution in [0, 0.1) is 0 Å². The maximum Gasteiger partial charge on any atom is 0.242 e. The molecular weight excluding hydrogens is 284 g/mol. The number of carbonyl (C=O) groups excluding carboxylic acids is 1. The van der Waals surface area contributed by atoms with Crippen LogP contribution in [0.3, 0.4) is 0 Å². The fourth-order valence-electron chi connectivity index (χ4n) is 2.61. The van der Waals surface area contributed by atoms with Gasteiger partial charge in [0.15, 0.2) is 0 Å². The Morgan fingerprint density at radius 1 is 1.52 bits per heavy atom. The number of anilines is 1. The summed E-state index contributed by atoms with van der Waals surface area (Å²) in [6.45, 7) is 4.26. The zero-order chi connectivity index (χ0) is 15.0. The average Bonchev–Trinajstić information content (AvgIpc) is 3.07. The minimum atomic E-state index is -0.0966. The highest BCUT2D eigenvalue weighted by molar-refractivity contribution is 7.99. The Kier molecular flexibility index (Phi) is 3.91.